The number of carbonyl (C=O) groups is 1. The van der Waals surface area contributed by atoms with Gasteiger partial charge in [-0.15, -0.1) is 0 Å². The van der Waals surface area contributed by atoms with Crippen LogP contribution >= 0.6 is 0 Å². The number of amides is 1. The van der Waals surface area contributed by atoms with E-state index in [9.17, 15) is 14.3 Å². The minimum Gasteiger partial charge on any atom is -0.508 e. The lowest BCUT2D eigenvalue weighted by Crippen LogP contribution is -2.39. The van der Waals surface area contributed by atoms with Crippen molar-refractivity contribution >= 4 is 23.2 Å². The van der Waals surface area contributed by atoms with Gasteiger partial charge in [0, 0.05) is 24.3 Å². The Morgan fingerprint density at radius 2 is 1.93 bits per heavy atom. The van der Waals surface area contributed by atoms with E-state index in [1.165, 1.54) is 50.6 Å². The van der Waals surface area contributed by atoms with Crippen LogP contribution in [-0.4, -0.2) is 33.6 Å². The van der Waals surface area contributed by atoms with Crippen molar-refractivity contribution in [1.82, 2.24) is 9.97 Å². The fourth-order valence-electron chi connectivity index (χ4n) is 4.05. The topological polar surface area (TPSA) is 78.4 Å². The highest BCUT2D eigenvalue weighted by atomic mass is 19.1. The van der Waals surface area contributed by atoms with Gasteiger partial charge in [0.15, 0.2) is 0 Å². The Hall–Kier alpha value is -2.96. The Labute approximate surface area is 175 Å². The smallest absolute Gasteiger partial charge is 0.274 e. The van der Waals surface area contributed by atoms with Gasteiger partial charge < -0.3 is 15.3 Å². The maximum absolute atomic E-state index is 14.1. The van der Waals surface area contributed by atoms with Crippen molar-refractivity contribution in [1.29, 1.82) is 0 Å². The van der Waals surface area contributed by atoms with Crippen molar-refractivity contribution in [3.63, 3.8) is 0 Å². The fraction of sp³-hybridized carbons (Fsp3) is 0.435. The van der Waals surface area contributed by atoms with E-state index in [1.54, 1.807) is 6.07 Å². The Balaban J connectivity index is 1.51. The Morgan fingerprint density at radius 3 is 2.60 bits per heavy atom. The van der Waals surface area contributed by atoms with Gasteiger partial charge in [0.05, 0.1) is 5.56 Å². The number of benzene rings is 1. The van der Waals surface area contributed by atoms with E-state index in [2.05, 4.69) is 26.8 Å². The monoisotopic (exact) mass is 410 g/mol. The van der Waals surface area contributed by atoms with Crippen LogP contribution < -0.4 is 10.2 Å². The third kappa shape index (κ3) is 4.78. The van der Waals surface area contributed by atoms with Gasteiger partial charge >= 0.3 is 0 Å². The molecule has 30 heavy (non-hydrogen) atoms. The minimum atomic E-state index is -0.656. The molecule has 2 fully saturated rings. The molecule has 6 nitrogen and oxygen atoms in total. The molecule has 0 spiro atoms. The third-order valence-corrected chi connectivity index (χ3v) is 5.88. The predicted molar refractivity (Wildman–Crippen MR) is 115 cm³/mol. The summed E-state index contributed by atoms with van der Waals surface area (Å²) in [6.45, 7) is 4.29. The Morgan fingerprint density at radius 1 is 1.17 bits per heavy atom. The summed E-state index contributed by atoms with van der Waals surface area (Å²) in [5, 5.41) is 12.0. The molecule has 0 unspecified atom stereocenters. The molecule has 2 aliphatic carbocycles. The van der Waals surface area contributed by atoms with E-state index in [0.29, 0.717) is 12.0 Å². The van der Waals surface area contributed by atoms with Gasteiger partial charge in [-0.2, -0.15) is 0 Å². The van der Waals surface area contributed by atoms with Gasteiger partial charge in [0.1, 0.15) is 29.4 Å². The van der Waals surface area contributed by atoms with Crippen LogP contribution in [0.2, 0.25) is 0 Å². The molecule has 0 bridgehead atoms. The lowest BCUT2D eigenvalue weighted by atomic mass is 9.94. The maximum atomic E-state index is 14.1. The van der Waals surface area contributed by atoms with Gasteiger partial charge in [0.2, 0.25) is 0 Å². The van der Waals surface area contributed by atoms with Crippen LogP contribution in [0.3, 0.4) is 0 Å². The summed E-state index contributed by atoms with van der Waals surface area (Å²) in [4.78, 5) is 23.7. The molecule has 1 aromatic heterocycles. The molecule has 1 heterocycles. The lowest BCUT2D eigenvalue weighted by molar-refractivity contribution is 0.102. The van der Waals surface area contributed by atoms with E-state index < -0.39 is 11.7 Å². The SMILES string of the molecule is C=C(O)c1ccc(NC(=O)c2cc(N(CC3CC3)C3CCCCC3)ncn2)cc1F. The summed E-state index contributed by atoms with van der Waals surface area (Å²) in [5.41, 5.74) is 0.526. The fourth-order valence-corrected chi connectivity index (χ4v) is 4.05. The highest BCUT2D eigenvalue weighted by molar-refractivity contribution is 6.03. The van der Waals surface area contributed by atoms with E-state index >= 15 is 0 Å². The van der Waals surface area contributed by atoms with Crippen molar-refractivity contribution in [3.05, 3.63) is 54.2 Å². The number of rotatable bonds is 7. The number of anilines is 2. The van der Waals surface area contributed by atoms with Crippen molar-refractivity contribution in [3.8, 4) is 0 Å². The summed E-state index contributed by atoms with van der Waals surface area (Å²) >= 11 is 0. The summed E-state index contributed by atoms with van der Waals surface area (Å²) < 4.78 is 14.1. The molecule has 0 radical (unpaired) electrons. The summed E-state index contributed by atoms with van der Waals surface area (Å²) in [7, 11) is 0. The second-order valence-electron chi connectivity index (χ2n) is 8.24. The second-order valence-corrected chi connectivity index (χ2v) is 8.24. The molecule has 4 rings (SSSR count). The molecule has 2 aromatic rings. The van der Waals surface area contributed by atoms with Gasteiger partial charge in [-0.1, -0.05) is 25.8 Å². The number of hydrogen-bond acceptors (Lipinski definition) is 5. The molecular formula is C23H27FN4O2. The molecular weight excluding hydrogens is 383 g/mol. The maximum Gasteiger partial charge on any atom is 0.274 e. The number of carbonyl (C=O) groups excluding carboxylic acids is 1. The third-order valence-electron chi connectivity index (χ3n) is 5.88. The number of aromatic nitrogens is 2. The zero-order valence-electron chi connectivity index (χ0n) is 17.0. The van der Waals surface area contributed by atoms with Gasteiger partial charge in [-0.3, -0.25) is 4.79 Å². The summed E-state index contributed by atoms with van der Waals surface area (Å²) in [6.07, 6.45) is 9.97. The van der Waals surface area contributed by atoms with Crippen molar-refractivity contribution < 1.29 is 14.3 Å². The normalized spacial score (nSPS) is 16.8. The second kappa shape index (κ2) is 8.81. The first-order valence-corrected chi connectivity index (χ1v) is 10.6. The molecule has 1 aromatic carbocycles. The van der Waals surface area contributed by atoms with Crippen molar-refractivity contribution in [2.45, 2.75) is 51.0 Å². The Kier molecular flexibility index (Phi) is 5.97. The molecule has 2 saturated carbocycles. The first-order valence-electron chi connectivity index (χ1n) is 10.6. The Bertz CT molecular complexity index is 939. The van der Waals surface area contributed by atoms with Crippen LogP contribution in [0.15, 0.2) is 37.2 Å². The number of nitrogens with zero attached hydrogens (tertiary/aromatic N) is 3. The van der Waals surface area contributed by atoms with Crippen LogP contribution in [-0.2, 0) is 0 Å². The zero-order chi connectivity index (χ0) is 21.1. The predicted octanol–water partition coefficient (Wildman–Crippen LogP) is 4.95. The summed E-state index contributed by atoms with van der Waals surface area (Å²) in [6, 6.07) is 6.23. The average molecular weight is 410 g/mol. The molecule has 2 aliphatic rings. The van der Waals surface area contributed by atoms with Gasteiger partial charge in [0.25, 0.3) is 5.91 Å². The minimum absolute atomic E-state index is 0.000482. The lowest BCUT2D eigenvalue weighted by Gasteiger charge is -2.35. The van der Waals surface area contributed by atoms with Gasteiger partial charge in [-0.05, 0) is 49.8 Å². The van der Waals surface area contributed by atoms with Crippen LogP contribution in [0.25, 0.3) is 5.76 Å². The molecule has 0 aliphatic heterocycles. The molecule has 2 N–H and O–H groups in total. The van der Waals surface area contributed by atoms with Crippen LogP contribution in [0, 0.1) is 11.7 Å². The van der Waals surface area contributed by atoms with E-state index in [-0.39, 0.29) is 22.7 Å². The summed E-state index contributed by atoms with van der Waals surface area (Å²) in [5.74, 6) is 0.0542. The highest BCUT2D eigenvalue weighted by Crippen LogP contribution is 2.34. The molecule has 0 saturated heterocycles. The largest absolute Gasteiger partial charge is 0.508 e. The molecule has 7 heteroatoms. The van der Waals surface area contributed by atoms with Crippen LogP contribution in [0.4, 0.5) is 15.9 Å². The van der Waals surface area contributed by atoms with Crippen molar-refractivity contribution in [2.75, 3.05) is 16.8 Å². The highest BCUT2D eigenvalue weighted by Gasteiger charge is 2.30. The quantitative estimate of drug-likeness (QED) is 0.632. The van der Waals surface area contributed by atoms with E-state index in [4.69, 9.17) is 0 Å². The first-order chi connectivity index (χ1) is 14.5. The standard InChI is InChI=1S/C23H27FN4O2/c1-15(29)19-10-9-17(11-20(19)24)27-23(30)21-12-22(26-14-25-21)28(13-16-7-8-16)18-5-3-2-4-6-18/h9-12,14,16,18,29H,1-8,13H2,(H,27,30). The molecule has 1 amide bonds. The molecule has 0 atom stereocenters. The van der Waals surface area contributed by atoms with E-state index in [0.717, 1.165) is 31.3 Å². The van der Waals surface area contributed by atoms with Crippen LogP contribution in [0.5, 0.6) is 0 Å². The first kappa shape index (κ1) is 20.3. The van der Waals surface area contributed by atoms with Gasteiger partial charge in [-0.25, -0.2) is 14.4 Å². The van der Waals surface area contributed by atoms with Crippen LogP contribution in [0.1, 0.15) is 61.0 Å². The van der Waals surface area contributed by atoms with E-state index in [1.807, 2.05) is 0 Å². The number of aliphatic hydroxyl groups excluding tert-OH is 1. The number of hydrogen-bond donors (Lipinski definition) is 2. The number of nitrogens with one attached hydrogen (secondary N) is 1. The number of aliphatic hydroxyl groups is 1. The van der Waals surface area contributed by atoms with Crippen molar-refractivity contribution in [2.24, 2.45) is 5.92 Å². The average Bonchev–Trinajstić information content (AvgIpc) is 3.57. The zero-order valence-corrected chi connectivity index (χ0v) is 17.0. The number of halogens is 1. The molecule has 158 valence electrons.